The fourth-order valence-electron chi connectivity index (χ4n) is 4.76. The molecule has 2 saturated heterocycles. The highest BCUT2D eigenvalue weighted by atomic mass is 32.1. The van der Waals surface area contributed by atoms with Crippen LogP contribution in [0.2, 0.25) is 0 Å². The molecule has 5 nitrogen and oxygen atoms in total. The summed E-state index contributed by atoms with van der Waals surface area (Å²) in [6.07, 6.45) is 4.28. The number of nitrogens with zero attached hydrogens (tertiary/aromatic N) is 2. The van der Waals surface area contributed by atoms with Crippen molar-refractivity contribution in [1.29, 1.82) is 0 Å². The van der Waals surface area contributed by atoms with E-state index in [1.807, 2.05) is 24.5 Å². The highest BCUT2D eigenvalue weighted by Gasteiger charge is 2.35. The number of halogens is 1. The molecule has 168 valence electrons. The summed E-state index contributed by atoms with van der Waals surface area (Å²) in [5, 5.41) is 9.24. The first-order valence-corrected chi connectivity index (χ1v) is 12.1. The molecule has 0 aliphatic carbocycles. The van der Waals surface area contributed by atoms with Crippen LogP contribution in [0, 0.1) is 5.82 Å². The van der Waals surface area contributed by atoms with Crippen LogP contribution >= 0.6 is 11.3 Å². The standard InChI is InChI=1S/C24H33FN4OS/c1-26-23(27-17-21(22-8-5-15-31-22)29-11-2-3-12-29)28-18-24(9-13-30-14-10-24)19-6-4-7-20(25)16-19/h4-8,15-16,21H,2-3,9-14,17-18H2,1H3,(H2,26,27,28). The Balaban J connectivity index is 1.42. The minimum Gasteiger partial charge on any atom is -0.381 e. The van der Waals surface area contributed by atoms with Crippen molar-refractivity contribution in [2.75, 3.05) is 46.4 Å². The van der Waals surface area contributed by atoms with Crippen LogP contribution in [0.4, 0.5) is 4.39 Å². The second kappa shape index (κ2) is 10.6. The van der Waals surface area contributed by atoms with Crippen molar-refractivity contribution in [2.45, 2.75) is 37.1 Å². The first-order chi connectivity index (χ1) is 15.2. The lowest BCUT2D eigenvalue weighted by molar-refractivity contribution is 0.0512. The number of rotatable bonds is 7. The second-order valence-electron chi connectivity index (χ2n) is 8.48. The zero-order valence-corrected chi connectivity index (χ0v) is 19.1. The summed E-state index contributed by atoms with van der Waals surface area (Å²) in [6, 6.07) is 11.7. The smallest absolute Gasteiger partial charge is 0.191 e. The maximum atomic E-state index is 14.0. The first kappa shape index (κ1) is 22.2. The molecule has 0 radical (unpaired) electrons. The number of benzene rings is 1. The summed E-state index contributed by atoms with van der Waals surface area (Å²) >= 11 is 1.82. The Labute approximate surface area is 188 Å². The largest absolute Gasteiger partial charge is 0.381 e. The molecule has 3 heterocycles. The Morgan fingerprint density at radius 1 is 1.19 bits per heavy atom. The molecule has 1 atom stereocenters. The highest BCUT2D eigenvalue weighted by Crippen LogP contribution is 2.34. The topological polar surface area (TPSA) is 48.9 Å². The van der Waals surface area contributed by atoms with E-state index >= 15 is 0 Å². The van der Waals surface area contributed by atoms with Gasteiger partial charge in [-0.3, -0.25) is 9.89 Å². The Hall–Kier alpha value is -1.96. The van der Waals surface area contributed by atoms with Gasteiger partial charge in [-0.1, -0.05) is 18.2 Å². The van der Waals surface area contributed by atoms with E-state index in [9.17, 15) is 4.39 Å². The number of hydrogen-bond acceptors (Lipinski definition) is 4. The molecular weight excluding hydrogens is 411 g/mol. The molecule has 0 bridgehead atoms. The molecule has 2 aliphatic heterocycles. The SMILES string of the molecule is CN=C(NCC(c1cccs1)N1CCCC1)NCC1(c2cccc(F)c2)CCOCC1. The van der Waals surface area contributed by atoms with E-state index < -0.39 is 0 Å². The highest BCUT2D eigenvalue weighted by molar-refractivity contribution is 7.10. The van der Waals surface area contributed by atoms with Crippen molar-refractivity contribution in [3.8, 4) is 0 Å². The lowest BCUT2D eigenvalue weighted by atomic mass is 9.74. The molecule has 4 rings (SSSR count). The van der Waals surface area contributed by atoms with Gasteiger partial charge in [0.15, 0.2) is 5.96 Å². The minimum atomic E-state index is -0.185. The zero-order valence-electron chi connectivity index (χ0n) is 18.3. The van der Waals surface area contributed by atoms with Gasteiger partial charge in [-0.05, 0) is 67.9 Å². The molecule has 2 fully saturated rings. The fourth-order valence-corrected chi connectivity index (χ4v) is 5.62. The molecule has 0 spiro atoms. The number of ether oxygens (including phenoxy) is 1. The van der Waals surface area contributed by atoms with Crippen LogP contribution in [0.1, 0.15) is 42.2 Å². The third-order valence-corrected chi connectivity index (χ3v) is 7.59. The van der Waals surface area contributed by atoms with Gasteiger partial charge in [0.1, 0.15) is 5.82 Å². The number of thiophene rings is 1. The van der Waals surface area contributed by atoms with Gasteiger partial charge >= 0.3 is 0 Å². The summed E-state index contributed by atoms with van der Waals surface area (Å²) in [7, 11) is 1.81. The Morgan fingerprint density at radius 3 is 2.68 bits per heavy atom. The van der Waals surface area contributed by atoms with E-state index in [1.165, 1.54) is 23.8 Å². The van der Waals surface area contributed by atoms with E-state index in [2.05, 4.69) is 38.0 Å². The van der Waals surface area contributed by atoms with Crippen LogP contribution in [0.3, 0.4) is 0 Å². The van der Waals surface area contributed by atoms with Gasteiger partial charge in [-0.15, -0.1) is 11.3 Å². The van der Waals surface area contributed by atoms with Crippen LogP contribution in [0.5, 0.6) is 0 Å². The maximum absolute atomic E-state index is 14.0. The van der Waals surface area contributed by atoms with E-state index in [0.717, 1.165) is 44.0 Å². The van der Waals surface area contributed by atoms with E-state index in [4.69, 9.17) is 4.74 Å². The third-order valence-electron chi connectivity index (χ3n) is 6.62. The van der Waals surface area contributed by atoms with E-state index in [1.54, 1.807) is 12.1 Å². The predicted molar refractivity (Wildman–Crippen MR) is 125 cm³/mol. The Morgan fingerprint density at radius 2 is 2.00 bits per heavy atom. The third kappa shape index (κ3) is 5.45. The Bertz CT molecular complexity index is 845. The molecule has 2 aliphatic rings. The van der Waals surface area contributed by atoms with Crippen molar-refractivity contribution in [3.05, 3.63) is 58.0 Å². The average Bonchev–Trinajstić information content (AvgIpc) is 3.52. The minimum absolute atomic E-state index is 0.153. The predicted octanol–water partition coefficient (Wildman–Crippen LogP) is 3.94. The molecule has 1 aromatic carbocycles. The number of aliphatic imine (C=N–C) groups is 1. The van der Waals surface area contributed by atoms with Gasteiger partial charge in [0.2, 0.25) is 0 Å². The number of likely N-dealkylation sites (tertiary alicyclic amines) is 1. The molecule has 1 aromatic heterocycles. The second-order valence-corrected chi connectivity index (χ2v) is 9.46. The van der Waals surface area contributed by atoms with Gasteiger partial charge in [0.25, 0.3) is 0 Å². The monoisotopic (exact) mass is 444 g/mol. The van der Waals surface area contributed by atoms with Crippen molar-refractivity contribution in [3.63, 3.8) is 0 Å². The normalized spacial score (nSPS) is 20.5. The molecule has 0 amide bonds. The van der Waals surface area contributed by atoms with E-state index in [0.29, 0.717) is 25.8 Å². The van der Waals surface area contributed by atoms with Crippen LogP contribution < -0.4 is 10.6 Å². The molecular formula is C24H33FN4OS. The van der Waals surface area contributed by atoms with Crippen molar-refractivity contribution >= 4 is 17.3 Å². The van der Waals surface area contributed by atoms with Crippen molar-refractivity contribution in [1.82, 2.24) is 15.5 Å². The van der Waals surface area contributed by atoms with Crippen molar-refractivity contribution < 1.29 is 9.13 Å². The molecule has 1 unspecified atom stereocenters. The first-order valence-electron chi connectivity index (χ1n) is 11.3. The molecule has 2 aromatic rings. The molecule has 31 heavy (non-hydrogen) atoms. The van der Waals surface area contributed by atoms with Crippen molar-refractivity contribution in [2.24, 2.45) is 4.99 Å². The Kier molecular flexibility index (Phi) is 7.58. The van der Waals surface area contributed by atoms with Gasteiger partial charge in [0.05, 0.1) is 6.04 Å². The fraction of sp³-hybridized carbons (Fsp3) is 0.542. The number of guanidine groups is 1. The van der Waals surface area contributed by atoms with Crippen LogP contribution in [0.15, 0.2) is 46.8 Å². The summed E-state index contributed by atoms with van der Waals surface area (Å²) < 4.78 is 19.6. The summed E-state index contributed by atoms with van der Waals surface area (Å²) in [5.74, 6) is 0.610. The summed E-state index contributed by atoms with van der Waals surface area (Å²) in [6.45, 7) is 5.21. The lowest BCUT2D eigenvalue weighted by Crippen LogP contribution is -2.49. The zero-order chi connectivity index (χ0) is 21.5. The quantitative estimate of drug-likeness (QED) is 0.502. The molecule has 7 heteroatoms. The average molecular weight is 445 g/mol. The molecule has 2 N–H and O–H groups in total. The van der Waals surface area contributed by atoms with Gasteiger partial charge in [-0.25, -0.2) is 4.39 Å². The van der Waals surface area contributed by atoms with Gasteiger partial charge in [-0.2, -0.15) is 0 Å². The van der Waals surface area contributed by atoms with Gasteiger partial charge in [0, 0.05) is 43.6 Å². The van der Waals surface area contributed by atoms with Gasteiger partial charge < -0.3 is 15.4 Å². The van der Waals surface area contributed by atoms with Crippen LogP contribution in [-0.2, 0) is 10.2 Å². The summed E-state index contributed by atoms with van der Waals surface area (Å²) in [5.41, 5.74) is 0.882. The lowest BCUT2D eigenvalue weighted by Gasteiger charge is -2.38. The number of hydrogen-bond donors (Lipinski definition) is 2. The summed E-state index contributed by atoms with van der Waals surface area (Å²) in [4.78, 5) is 8.43. The number of nitrogens with one attached hydrogen (secondary N) is 2. The van der Waals surface area contributed by atoms with E-state index in [-0.39, 0.29) is 11.2 Å². The maximum Gasteiger partial charge on any atom is 0.191 e. The molecule has 0 saturated carbocycles. The van der Waals surface area contributed by atoms with Crippen LogP contribution in [0.25, 0.3) is 0 Å². The van der Waals surface area contributed by atoms with Crippen LogP contribution in [-0.4, -0.2) is 57.3 Å².